The highest BCUT2D eigenvalue weighted by molar-refractivity contribution is 6.31. The molecule has 2 N–H and O–H groups in total. The van der Waals surface area contributed by atoms with Crippen LogP contribution in [-0.4, -0.2) is 33.1 Å². The van der Waals surface area contributed by atoms with E-state index >= 15 is 0 Å². The molecule has 0 unspecified atom stereocenters. The molecule has 0 fully saturated rings. The Morgan fingerprint density at radius 3 is 2.39 bits per heavy atom. The Kier molecular flexibility index (Phi) is 6.41. The number of methoxy groups -OCH3 is 1. The first kappa shape index (κ1) is 22.1. The van der Waals surface area contributed by atoms with Crippen molar-refractivity contribution in [1.29, 1.82) is 0 Å². The van der Waals surface area contributed by atoms with Gasteiger partial charge in [0.15, 0.2) is 5.82 Å². The van der Waals surface area contributed by atoms with E-state index in [1.807, 2.05) is 19.9 Å². The zero-order chi connectivity index (χ0) is 23.4. The smallest absolute Gasteiger partial charge is 0.323 e. The third-order valence-electron chi connectivity index (χ3n) is 4.60. The van der Waals surface area contributed by atoms with Gasteiger partial charge in [-0.05, 0) is 68.4 Å². The van der Waals surface area contributed by atoms with E-state index in [0.29, 0.717) is 39.6 Å². The summed E-state index contributed by atoms with van der Waals surface area (Å²) in [5.74, 6) is 2.00. The Bertz CT molecular complexity index is 1270. The van der Waals surface area contributed by atoms with Crippen LogP contribution < -0.4 is 20.1 Å². The maximum Gasteiger partial charge on any atom is 0.323 e. The number of halogens is 1. The van der Waals surface area contributed by atoms with Gasteiger partial charge < -0.3 is 20.1 Å². The predicted molar refractivity (Wildman–Crippen MR) is 126 cm³/mol. The van der Waals surface area contributed by atoms with Gasteiger partial charge in [-0.15, -0.1) is 10.2 Å². The Balaban J connectivity index is 1.37. The van der Waals surface area contributed by atoms with Crippen LogP contribution in [0.1, 0.15) is 11.4 Å². The second-order valence-corrected chi connectivity index (χ2v) is 7.56. The largest absolute Gasteiger partial charge is 0.495 e. The number of amides is 2. The second-order valence-electron chi connectivity index (χ2n) is 7.12. The summed E-state index contributed by atoms with van der Waals surface area (Å²) in [6.45, 7) is 3.87. The minimum absolute atomic E-state index is 0.340. The predicted octanol–water partition coefficient (Wildman–Crippen LogP) is 5.38. The van der Waals surface area contributed by atoms with Crippen molar-refractivity contribution in [3.05, 3.63) is 77.1 Å². The first-order valence-corrected chi connectivity index (χ1v) is 10.4. The van der Waals surface area contributed by atoms with E-state index in [4.69, 9.17) is 21.1 Å². The van der Waals surface area contributed by atoms with Crippen molar-refractivity contribution in [3.8, 4) is 23.2 Å². The van der Waals surface area contributed by atoms with Crippen molar-refractivity contribution in [1.82, 2.24) is 20.0 Å². The van der Waals surface area contributed by atoms with Crippen molar-refractivity contribution >= 4 is 29.0 Å². The average Bonchev–Trinajstić information content (AvgIpc) is 3.13. The van der Waals surface area contributed by atoms with Gasteiger partial charge in [0.1, 0.15) is 11.5 Å². The van der Waals surface area contributed by atoms with Crippen LogP contribution >= 0.6 is 11.6 Å². The van der Waals surface area contributed by atoms with Gasteiger partial charge in [-0.1, -0.05) is 11.6 Å². The quantitative estimate of drug-likeness (QED) is 0.397. The fourth-order valence-electron chi connectivity index (χ4n) is 3.13. The first-order valence-electron chi connectivity index (χ1n) is 9.98. The van der Waals surface area contributed by atoms with E-state index in [2.05, 4.69) is 25.9 Å². The van der Waals surface area contributed by atoms with Crippen LogP contribution in [0.4, 0.5) is 16.2 Å². The molecule has 0 aliphatic rings. The molecule has 33 heavy (non-hydrogen) atoms. The summed E-state index contributed by atoms with van der Waals surface area (Å²) in [4.78, 5) is 12.3. The molecule has 0 aliphatic heterocycles. The number of hydrogen-bond acceptors (Lipinski definition) is 6. The van der Waals surface area contributed by atoms with Gasteiger partial charge in [0.2, 0.25) is 5.88 Å². The van der Waals surface area contributed by atoms with Crippen molar-refractivity contribution in [2.45, 2.75) is 13.8 Å². The molecular formula is C23H21ClN6O3. The molecule has 2 amide bonds. The Morgan fingerprint density at radius 1 is 0.970 bits per heavy atom. The lowest BCUT2D eigenvalue weighted by Crippen LogP contribution is -2.19. The van der Waals surface area contributed by atoms with Crippen LogP contribution in [0.25, 0.3) is 5.82 Å². The number of rotatable bonds is 6. The Labute approximate surface area is 195 Å². The molecular weight excluding hydrogens is 444 g/mol. The van der Waals surface area contributed by atoms with Crippen molar-refractivity contribution in [3.63, 3.8) is 0 Å². The number of aromatic nitrogens is 4. The lowest BCUT2D eigenvalue weighted by Gasteiger charge is -2.12. The third-order valence-corrected chi connectivity index (χ3v) is 4.83. The maximum absolute atomic E-state index is 12.3. The van der Waals surface area contributed by atoms with Crippen molar-refractivity contribution in [2.75, 3.05) is 17.7 Å². The lowest BCUT2D eigenvalue weighted by molar-refractivity contribution is 0.262. The van der Waals surface area contributed by atoms with Crippen molar-refractivity contribution in [2.24, 2.45) is 0 Å². The summed E-state index contributed by atoms with van der Waals surface area (Å²) >= 11 is 5.99. The van der Waals surface area contributed by atoms with Crippen LogP contribution in [0.2, 0.25) is 5.02 Å². The average molecular weight is 465 g/mol. The van der Waals surface area contributed by atoms with E-state index in [9.17, 15) is 4.79 Å². The van der Waals surface area contributed by atoms with E-state index in [1.165, 1.54) is 7.11 Å². The van der Waals surface area contributed by atoms with Crippen LogP contribution in [0.3, 0.4) is 0 Å². The molecule has 10 heteroatoms. The molecule has 9 nitrogen and oxygen atoms in total. The number of ether oxygens (including phenoxy) is 2. The molecule has 0 spiro atoms. The van der Waals surface area contributed by atoms with E-state index in [1.54, 1.807) is 59.3 Å². The first-order chi connectivity index (χ1) is 15.9. The lowest BCUT2D eigenvalue weighted by atomic mass is 10.3. The Morgan fingerprint density at radius 2 is 1.76 bits per heavy atom. The SMILES string of the molecule is COc1ccc(Cl)cc1NC(=O)Nc1ccc(Oc2ccc(-n3nc(C)cc3C)nn2)cc1. The topological polar surface area (TPSA) is 103 Å². The molecule has 2 aromatic heterocycles. The summed E-state index contributed by atoms with van der Waals surface area (Å²) in [6.07, 6.45) is 0. The van der Waals surface area contributed by atoms with Crippen LogP contribution in [0.15, 0.2) is 60.7 Å². The number of nitrogens with one attached hydrogen (secondary N) is 2. The second kappa shape index (κ2) is 9.58. The summed E-state index contributed by atoms with van der Waals surface area (Å²) in [6, 6.07) is 16.8. The minimum Gasteiger partial charge on any atom is -0.495 e. The molecule has 0 saturated heterocycles. The van der Waals surface area contributed by atoms with Gasteiger partial charge in [0.05, 0.1) is 18.5 Å². The molecule has 2 aromatic carbocycles. The summed E-state index contributed by atoms with van der Waals surface area (Å²) < 4.78 is 12.7. The Hall–Kier alpha value is -4.11. The molecule has 0 aliphatic carbocycles. The van der Waals surface area contributed by atoms with Gasteiger partial charge in [-0.3, -0.25) is 0 Å². The molecule has 0 atom stereocenters. The van der Waals surface area contributed by atoms with Crippen LogP contribution in [0.5, 0.6) is 17.4 Å². The van der Waals surface area contributed by atoms with Crippen molar-refractivity contribution < 1.29 is 14.3 Å². The van der Waals surface area contributed by atoms with Gasteiger partial charge in [-0.2, -0.15) is 5.10 Å². The molecule has 0 saturated carbocycles. The minimum atomic E-state index is -0.435. The number of anilines is 2. The number of aryl methyl sites for hydroxylation is 2. The summed E-state index contributed by atoms with van der Waals surface area (Å²) in [5, 5.41) is 18.6. The monoisotopic (exact) mass is 464 g/mol. The standard InChI is InChI=1S/C23H21ClN6O3/c1-14-12-15(2)30(29-14)21-10-11-22(28-27-21)33-18-7-5-17(6-8-18)25-23(31)26-19-13-16(24)4-9-20(19)32-3/h4-13H,1-3H3,(H2,25,26,31). The third kappa shape index (κ3) is 5.39. The molecule has 0 radical (unpaired) electrons. The highest BCUT2D eigenvalue weighted by Crippen LogP contribution is 2.28. The van der Waals surface area contributed by atoms with Gasteiger partial charge in [0.25, 0.3) is 0 Å². The highest BCUT2D eigenvalue weighted by Gasteiger charge is 2.10. The zero-order valence-corrected chi connectivity index (χ0v) is 18.9. The van der Waals surface area contributed by atoms with E-state index in [0.717, 1.165) is 11.4 Å². The van der Waals surface area contributed by atoms with Gasteiger partial charge in [0, 0.05) is 22.5 Å². The molecule has 168 valence electrons. The number of hydrogen-bond donors (Lipinski definition) is 2. The normalized spacial score (nSPS) is 10.5. The number of nitrogens with zero attached hydrogens (tertiary/aromatic N) is 4. The fraction of sp³-hybridized carbons (Fsp3) is 0.130. The highest BCUT2D eigenvalue weighted by atomic mass is 35.5. The maximum atomic E-state index is 12.3. The summed E-state index contributed by atoms with van der Waals surface area (Å²) in [5.41, 5.74) is 2.91. The number of carbonyl (C=O) groups excluding carboxylic acids is 1. The number of carbonyl (C=O) groups is 1. The number of urea groups is 1. The van der Waals surface area contributed by atoms with Crippen LogP contribution in [0, 0.1) is 13.8 Å². The van der Waals surface area contributed by atoms with Crippen LogP contribution in [-0.2, 0) is 0 Å². The van der Waals surface area contributed by atoms with E-state index in [-0.39, 0.29) is 0 Å². The fourth-order valence-corrected chi connectivity index (χ4v) is 3.30. The zero-order valence-electron chi connectivity index (χ0n) is 18.2. The molecule has 0 bridgehead atoms. The van der Waals surface area contributed by atoms with Gasteiger partial charge >= 0.3 is 6.03 Å². The molecule has 2 heterocycles. The summed E-state index contributed by atoms with van der Waals surface area (Å²) in [7, 11) is 1.52. The van der Waals surface area contributed by atoms with Gasteiger partial charge in [-0.25, -0.2) is 9.48 Å². The number of benzene rings is 2. The molecule has 4 rings (SSSR count). The molecule has 4 aromatic rings. The van der Waals surface area contributed by atoms with E-state index < -0.39 is 6.03 Å².